The summed E-state index contributed by atoms with van der Waals surface area (Å²) in [7, 11) is 0. The van der Waals surface area contributed by atoms with Crippen LogP contribution in [0.3, 0.4) is 0 Å². The molecule has 1 N–H and O–H groups in total. The lowest BCUT2D eigenvalue weighted by atomic mass is 10.2. The van der Waals surface area contributed by atoms with Gasteiger partial charge in [0.25, 0.3) is 0 Å². The van der Waals surface area contributed by atoms with E-state index >= 15 is 0 Å². The summed E-state index contributed by atoms with van der Waals surface area (Å²) in [5.74, 6) is 0.819. The van der Waals surface area contributed by atoms with Gasteiger partial charge >= 0.3 is 0 Å². The van der Waals surface area contributed by atoms with Crippen molar-refractivity contribution < 1.29 is 0 Å². The van der Waals surface area contributed by atoms with Gasteiger partial charge in [0.1, 0.15) is 5.82 Å². The second-order valence-electron chi connectivity index (χ2n) is 5.07. The molecule has 0 radical (unpaired) electrons. The summed E-state index contributed by atoms with van der Waals surface area (Å²) in [6.45, 7) is 0.765. The van der Waals surface area contributed by atoms with E-state index in [0.717, 1.165) is 29.3 Å². The zero-order valence-electron chi connectivity index (χ0n) is 12.1. The van der Waals surface area contributed by atoms with E-state index in [-0.39, 0.29) is 0 Å². The van der Waals surface area contributed by atoms with Crippen molar-refractivity contribution in [1.82, 2.24) is 14.6 Å². The Labute approximate surface area is 142 Å². The molecule has 23 heavy (non-hydrogen) atoms. The van der Waals surface area contributed by atoms with Gasteiger partial charge in [-0.15, -0.1) is 16.4 Å². The van der Waals surface area contributed by atoms with E-state index in [9.17, 15) is 0 Å². The minimum absolute atomic E-state index is 0.717. The van der Waals surface area contributed by atoms with Crippen molar-refractivity contribution in [2.45, 2.75) is 6.54 Å². The summed E-state index contributed by atoms with van der Waals surface area (Å²) >= 11 is 7.69. The maximum Gasteiger partial charge on any atom is 0.154 e. The maximum absolute atomic E-state index is 5.96. The van der Waals surface area contributed by atoms with Gasteiger partial charge in [0.2, 0.25) is 0 Å². The molecular weight excluding hydrogens is 328 g/mol. The van der Waals surface area contributed by atoms with Gasteiger partial charge in [-0.2, -0.15) is 0 Å². The van der Waals surface area contributed by atoms with Gasteiger partial charge in [-0.25, -0.2) is 9.50 Å². The molecule has 4 aromatic rings. The average Bonchev–Trinajstić information content (AvgIpc) is 3.23. The van der Waals surface area contributed by atoms with Crippen LogP contribution in [0.1, 0.15) is 4.88 Å². The normalized spacial score (nSPS) is 11.0. The molecule has 114 valence electrons. The fourth-order valence-corrected chi connectivity index (χ4v) is 3.15. The summed E-state index contributed by atoms with van der Waals surface area (Å²) in [4.78, 5) is 5.68. The molecule has 0 unspecified atom stereocenters. The molecule has 3 heterocycles. The Hall–Kier alpha value is -2.37. The molecule has 0 bridgehead atoms. The standard InChI is InChI=1S/C17H13ClN4S/c18-13-5-3-12(4-6-13)15-11-20-17-8-7-16(21-22(15)17)19-10-14-2-1-9-23-14/h1-9,11H,10H2,(H,19,21). The first kappa shape index (κ1) is 14.2. The van der Waals surface area contributed by atoms with Crippen molar-refractivity contribution in [2.75, 3.05) is 5.32 Å². The third-order valence-corrected chi connectivity index (χ3v) is 4.65. The third-order valence-electron chi connectivity index (χ3n) is 3.53. The lowest BCUT2D eigenvalue weighted by Gasteiger charge is -2.06. The number of benzene rings is 1. The number of fused-ring (bicyclic) bond motifs is 1. The fraction of sp³-hybridized carbons (Fsp3) is 0.0588. The number of rotatable bonds is 4. The van der Waals surface area contributed by atoms with Gasteiger partial charge < -0.3 is 5.32 Å². The SMILES string of the molecule is Clc1ccc(-c2cnc3ccc(NCc4cccs4)nn23)cc1. The maximum atomic E-state index is 5.96. The molecule has 4 rings (SSSR count). The van der Waals surface area contributed by atoms with E-state index in [4.69, 9.17) is 11.6 Å². The molecule has 4 nitrogen and oxygen atoms in total. The molecule has 3 aromatic heterocycles. The van der Waals surface area contributed by atoms with Gasteiger partial charge in [-0.1, -0.05) is 29.8 Å². The molecule has 0 saturated heterocycles. The van der Waals surface area contributed by atoms with Gasteiger partial charge in [-0.05, 0) is 35.7 Å². The van der Waals surface area contributed by atoms with Crippen molar-refractivity contribution in [3.8, 4) is 11.3 Å². The zero-order valence-corrected chi connectivity index (χ0v) is 13.7. The van der Waals surface area contributed by atoms with Crippen LogP contribution < -0.4 is 5.32 Å². The van der Waals surface area contributed by atoms with E-state index in [1.165, 1.54) is 4.88 Å². The van der Waals surface area contributed by atoms with Crippen molar-refractivity contribution in [1.29, 1.82) is 0 Å². The monoisotopic (exact) mass is 340 g/mol. The summed E-state index contributed by atoms with van der Waals surface area (Å²) in [5, 5.41) is 10.8. The molecule has 0 spiro atoms. The van der Waals surface area contributed by atoms with Crippen molar-refractivity contribution >= 4 is 34.4 Å². The second kappa shape index (κ2) is 6.02. The Bertz CT molecular complexity index is 929. The molecule has 0 aliphatic rings. The molecule has 0 amide bonds. The number of hydrogen-bond acceptors (Lipinski definition) is 4. The zero-order chi connectivity index (χ0) is 15.6. The second-order valence-corrected chi connectivity index (χ2v) is 6.54. The summed E-state index contributed by atoms with van der Waals surface area (Å²) in [6.07, 6.45) is 1.83. The lowest BCUT2D eigenvalue weighted by Crippen LogP contribution is -2.03. The minimum atomic E-state index is 0.717. The van der Waals surface area contributed by atoms with Gasteiger partial charge in [0.15, 0.2) is 5.65 Å². The van der Waals surface area contributed by atoms with E-state index in [2.05, 4.69) is 26.8 Å². The van der Waals surface area contributed by atoms with Gasteiger partial charge in [-0.3, -0.25) is 0 Å². The van der Waals surface area contributed by atoms with Crippen LogP contribution in [0.5, 0.6) is 0 Å². The number of imidazole rings is 1. The lowest BCUT2D eigenvalue weighted by molar-refractivity contribution is 0.933. The van der Waals surface area contributed by atoms with Crippen LogP contribution in [0.4, 0.5) is 5.82 Å². The number of halogens is 1. The smallest absolute Gasteiger partial charge is 0.154 e. The molecule has 0 fully saturated rings. The molecule has 0 aliphatic carbocycles. The van der Waals surface area contributed by atoms with Crippen LogP contribution in [-0.4, -0.2) is 14.6 Å². The van der Waals surface area contributed by atoms with Gasteiger partial charge in [0, 0.05) is 15.5 Å². The first-order valence-electron chi connectivity index (χ1n) is 7.16. The highest BCUT2D eigenvalue weighted by Gasteiger charge is 2.08. The summed E-state index contributed by atoms with van der Waals surface area (Å²) in [5.41, 5.74) is 2.79. The van der Waals surface area contributed by atoms with Gasteiger partial charge in [0.05, 0.1) is 18.4 Å². The van der Waals surface area contributed by atoms with E-state index < -0.39 is 0 Å². The quantitative estimate of drug-likeness (QED) is 0.584. The Balaban J connectivity index is 1.67. The largest absolute Gasteiger partial charge is 0.364 e. The van der Waals surface area contributed by atoms with Crippen LogP contribution in [0.25, 0.3) is 16.9 Å². The van der Waals surface area contributed by atoms with Crippen LogP contribution >= 0.6 is 22.9 Å². The predicted octanol–water partition coefficient (Wildman–Crippen LogP) is 4.72. The first-order chi connectivity index (χ1) is 11.3. The molecular formula is C17H13ClN4S. The first-order valence-corrected chi connectivity index (χ1v) is 8.42. The molecule has 0 aliphatic heterocycles. The van der Waals surface area contributed by atoms with E-state index in [1.54, 1.807) is 11.3 Å². The Morgan fingerprint density at radius 2 is 1.96 bits per heavy atom. The Morgan fingerprint density at radius 1 is 1.09 bits per heavy atom. The van der Waals surface area contributed by atoms with E-state index in [1.807, 2.05) is 53.2 Å². The number of aromatic nitrogens is 3. The third kappa shape index (κ3) is 2.93. The van der Waals surface area contributed by atoms with E-state index in [0.29, 0.717) is 5.02 Å². The molecule has 0 saturated carbocycles. The van der Waals surface area contributed by atoms with Crippen LogP contribution in [-0.2, 0) is 6.54 Å². The number of hydrogen-bond donors (Lipinski definition) is 1. The fourth-order valence-electron chi connectivity index (χ4n) is 2.38. The molecule has 1 aromatic carbocycles. The van der Waals surface area contributed by atoms with Crippen molar-refractivity contribution in [2.24, 2.45) is 0 Å². The number of nitrogens with zero attached hydrogens (tertiary/aromatic N) is 3. The highest BCUT2D eigenvalue weighted by Crippen LogP contribution is 2.23. The number of anilines is 1. The van der Waals surface area contributed by atoms with Crippen molar-refractivity contribution in [3.63, 3.8) is 0 Å². The Morgan fingerprint density at radius 3 is 2.74 bits per heavy atom. The number of nitrogens with one attached hydrogen (secondary N) is 1. The topological polar surface area (TPSA) is 42.2 Å². The highest BCUT2D eigenvalue weighted by atomic mass is 35.5. The summed E-state index contributed by atoms with van der Waals surface area (Å²) in [6, 6.07) is 15.7. The van der Waals surface area contributed by atoms with Crippen LogP contribution in [0, 0.1) is 0 Å². The van der Waals surface area contributed by atoms with Crippen molar-refractivity contribution in [3.05, 3.63) is 70.0 Å². The average molecular weight is 341 g/mol. The molecule has 6 heteroatoms. The van der Waals surface area contributed by atoms with Crippen LogP contribution in [0.15, 0.2) is 60.1 Å². The summed E-state index contributed by atoms with van der Waals surface area (Å²) < 4.78 is 1.85. The number of thiophene rings is 1. The highest BCUT2D eigenvalue weighted by molar-refractivity contribution is 7.09. The van der Waals surface area contributed by atoms with Crippen LogP contribution in [0.2, 0.25) is 5.02 Å². The minimum Gasteiger partial charge on any atom is -0.364 e. The Kier molecular flexibility index (Phi) is 3.73. The predicted molar refractivity (Wildman–Crippen MR) is 95.1 cm³/mol. The molecule has 0 atom stereocenters.